The number of carbonyl (C=O) groups is 1. The first-order chi connectivity index (χ1) is 7.30. The first-order valence-corrected chi connectivity index (χ1v) is 4.81. The molecule has 0 saturated carbocycles. The highest BCUT2D eigenvalue weighted by molar-refractivity contribution is 6.30. The largest absolute Gasteiger partial charge is 0.471 e. The van der Waals surface area contributed by atoms with Crippen LogP contribution < -0.4 is 5.32 Å². The molecule has 0 fully saturated rings. The van der Waals surface area contributed by atoms with Gasteiger partial charge in [0.15, 0.2) is 0 Å². The van der Waals surface area contributed by atoms with Crippen molar-refractivity contribution in [2.45, 2.75) is 19.1 Å². The zero-order valence-electron chi connectivity index (χ0n) is 8.31. The number of halogens is 4. The second-order valence-corrected chi connectivity index (χ2v) is 3.68. The Kier molecular flexibility index (Phi) is 3.80. The van der Waals surface area contributed by atoms with Crippen LogP contribution in [0, 0.1) is 0 Å². The number of carbonyl (C=O) groups excluding carboxylic acids is 1. The molecule has 16 heavy (non-hydrogen) atoms. The number of hydrogen-bond acceptors (Lipinski definition) is 1. The Morgan fingerprint density at radius 2 is 2.06 bits per heavy atom. The van der Waals surface area contributed by atoms with Gasteiger partial charge in [0.05, 0.1) is 6.04 Å². The van der Waals surface area contributed by atoms with E-state index >= 15 is 0 Å². The number of alkyl halides is 3. The SMILES string of the molecule is C[C@H](NC(=O)C(F)(F)F)c1cccc(Cl)c1. The van der Waals surface area contributed by atoms with Gasteiger partial charge in [-0.3, -0.25) is 4.79 Å². The summed E-state index contributed by atoms with van der Waals surface area (Å²) in [5, 5.41) is 2.25. The molecule has 0 aliphatic heterocycles. The van der Waals surface area contributed by atoms with Crippen LogP contribution in [0.1, 0.15) is 18.5 Å². The third kappa shape index (κ3) is 3.41. The molecule has 0 bridgehead atoms. The van der Waals surface area contributed by atoms with E-state index < -0.39 is 18.1 Å². The molecule has 1 aromatic rings. The van der Waals surface area contributed by atoms with E-state index in [0.29, 0.717) is 10.6 Å². The highest BCUT2D eigenvalue weighted by Crippen LogP contribution is 2.20. The van der Waals surface area contributed by atoms with Crippen molar-refractivity contribution in [1.82, 2.24) is 5.32 Å². The molecule has 1 N–H and O–H groups in total. The minimum absolute atomic E-state index is 0.408. The van der Waals surface area contributed by atoms with Gasteiger partial charge in [-0.2, -0.15) is 13.2 Å². The van der Waals surface area contributed by atoms with Crippen LogP contribution in [0.4, 0.5) is 13.2 Å². The smallest absolute Gasteiger partial charge is 0.342 e. The molecule has 6 heteroatoms. The van der Waals surface area contributed by atoms with Crippen LogP contribution in [-0.2, 0) is 4.79 Å². The van der Waals surface area contributed by atoms with E-state index in [-0.39, 0.29) is 0 Å². The minimum Gasteiger partial charge on any atom is -0.342 e. The van der Waals surface area contributed by atoms with Crippen LogP contribution in [0.3, 0.4) is 0 Å². The summed E-state index contributed by atoms with van der Waals surface area (Å²) in [4.78, 5) is 10.7. The highest BCUT2D eigenvalue weighted by Gasteiger charge is 2.39. The van der Waals surface area contributed by atoms with E-state index in [0.717, 1.165) is 0 Å². The minimum atomic E-state index is -4.87. The highest BCUT2D eigenvalue weighted by atomic mass is 35.5. The molecule has 0 radical (unpaired) electrons. The molecule has 0 saturated heterocycles. The van der Waals surface area contributed by atoms with Crippen molar-refractivity contribution in [2.24, 2.45) is 0 Å². The Hall–Kier alpha value is -1.23. The van der Waals surface area contributed by atoms with Crippen LogP contribution in [0.5, 0.6) is 0 Å². The van der Waals surface area contributed by atoms with E-state index in [9.17, 15) is 18.0 Å². The van der Waals surface area contributed by atoms with Crippen molar-refractivity contribution < 1.29 is 18.0 Å². The van der Waals surface area contributed by atoms with Gasteiger partial charge in [-0.1, -0.05) is 23.7 Å². The van der Waals surface area contributed by atoms with E-state index in [1.165, 1.54) is 13.0 Å². The lowest BCUT2D eigenvalue weighted by atomic mass is 10.1. The van der Waals surface area contributed by atoms with Crippen molar-refractivity contribution in [1.29, 1.82) is 0 Å². The topological polar surface area (TPSA) is 29.1 Å². The molecular formula is C10H9ClF3NO. The average molecular weight is 252 g/mol. The van der Waals surface area contributed by atoms with Crippen LogP contribution in [0.25, 0.3) is 0 Å². The average Bonchev–Trinajstić information content (AvgIpc) is 2.16. The van der Waals surface area contributed by atoms with Gasteiger partial charge in [0.1, 0.15) is 0 Å². The predicted octanol–water partition coefficient (Wildman–Crippen LogP) is 3.08. The lowest BCUT2D eigenvalue weighted by Crippen LogP contribution is -2.38. The zero-order chi connectivity index (χ0) is 12.3. The van der Waals surface area contributed by atoms with E-state index in [1.807, 2.05) is 5.32 Å². The Bertz CT molecular complexity index is 392. The third-order valence-electron chi connectivity index (χ3n) is 1.95. The van der Waals surface area contributed by atoms with Crippen LogP contribution in [0.2, 0.25) is 5.02 Å². The summed E-state index contributed by atoms with van der Waals surface area (Å²) in [5.41, 5.74) is 0.519. The van der Waals surface area contributed by atoms with Gasteiger partial charge < -0.3 is 5.32 Å². The summed E-state index contributed by atoms with van der Waals surface area (Å²) < 4.78 is 35.9. The zero-order valence-corrected chi connectivity index (χ0v) is 9.06. The number of rotatable bonds is 2. The molecule has 0 unspecified atom stereocenters. The van der Waals surface area contributed by atoms with Gasteiger partial charge in [-0.05, 0) is 24.6 Å². The summed E-state index contributed by atoms with van der Waals surface area (Å²) in [6.07, 6.45) is -4.87. The molecule has 0 aliphatic carbocycles. The van der Waals surface area contributed by atoms with Crippen LogP contribution >= 0.6 is 11.6 Å². The van der Waals surface area contributed by atoms with Crippen LogP contribution in [-0.4, -0.2) is 12.1 Å². The molecule has 1 rings (SSSR count). The predicted molar refractivity (Wildman–Crippen MR) is 54.1 cm³/mol. The molecule has 0 heterocycles. The first kappa shape index (κ1) is 12.8. The molecule has 1 aromatic carbocycles. The van der Waals surface area contributed by atoms with Crippen molar-refractivity contribution >= 4 is 17.5 Å². The number of benzene rings is 1. The summed E-state index contributed by atoms with van der Waals surface area (Å²) in [7, 11) is 0. The van der Waals surface area contributed by atoms with Crippen LogP contribution in [0.15, 0.2) is 24.3 Å². The number of nitrogens with one attached hydrogen (secondary N) is 1. The molecule has 0 aliphatic rings. The van der Waals surface area contributed by atoms with Gasteiger partial charge in [0.2, 0.25) is 0 Å². The summed E-state index contributed by atoms with van der Waals surface area (Å²) in [5.74, 6) is -1.96. The molecule has 1 amide bonds. The Labute approximate surface area is 95.4 Å². The van der Waals surface area contributed by atoms with Crippen molar-refractivity contribution in [3.8, 4) is 0 Å². The molecule has 0 aromatic heterocycles. The van der Waals surface area contributed by atoms with E-state index in [4.69, 9.17) is 11.6 Å². The van der Waals surface area contributed by atoms with E-state index in [2.05, 4.69) is 0 Å². The normalized spacial score (nSPS) is 13.3. The lowest BCUT2D eigenvalue weighted by molar-refractivity contribution is -0.174. The molecular weight excluding hydrogens is 243 g/mol. The maximum Gasteiger partial charge on any atom is 0.471 e. The molecule has 1 atom stereocenters. The van der Waals surface area contributed by atoms with Gasteiger partial charge in [-0.15, -0.1) is 0 Å². The molecule has 0 spiro atoms. The first-order valence-electron chi connectivity index (χ1n) is 4.44. The van der Waals surface area contributed by atoms with Crippen molar-refractivity contribution in [2.75, 3.05) is 0 Å². The Morgan fingerprint density at radius 3 is 2.56 bits per heavy atom. The van der Waals surface area contributed by atoms with Gasteiger partial charge in [0.25, 0.3) is 0 Å². The van der Waals surface area contributed by atoms with Gasteiger partial charge in [-0.25, -0.2) is 0 Å². The molecule has 88 valence electrons. The maximum absolute atomic E-state index is 12.0. The fourth-order valence-electron chi connectivity index (χ4n) is 1.14. The van der Waals surface area contributed by atoms with Crippen molar-refractivity contribution in [3.63, 3.8) is 0 Å². The second kappa shape index (κ2) is 4.74. The summed E-state index contributed by atoms with van der Waals surface area (Å²) in [6.45, 7) is 1.45. The fourth-order valence-corrected chi connectivity index (χ4v) is 1.34. The third-order valence-corrected chi connectivity index (χ3v) is 2.19. The number of hydrogen-bond donors (Lipinski definition) is 1. The fraction of sp³-hybridized carbons (Fsp3) is 0.300. The Balaban J connectivity index is 2.73. The number of amides is 1. The monoisotopic (exact) mass is 251 g/mol. The Morgan fingerprint density at radius 1 is 1.44 bits per heavy atom. The lowest BCUT2D eigenvalue weighted by Gasteiger charge is -2.15. The van der Waals surface area contributed by atoms with Gasteiger partial charge in [0, 0.05) is 5.02 Å². The maximum atomic E-state index is 12.0. The quantitative estimate of drug-likeness (QED) is 0.860. The van der Waals surface area contributed by atoms with Gasteiger partial charge >= 0.3 is 12.1 Å². The summed E-state index contributed by atoms with van der Waals surface area (Å²) >= 11 is 5.68. The standard InChI is InChI=1S/C10H9ClF3NO/c1-6(15-9(16)10(12,13)14)7-3-2-4-8(11)5-7/h2-6H,1H3,(H,15,16)/t6-/m0/s1. The second-order valence-electron chi connectivity index (χ2n) is 3.25. The summed E-state index contributed by atoms with van der Waals surface area (Å²) in [6, 6.07) is 5.56. The van der Waals surface area contributed by atoms with E-state index in [1.54, 1.807) is 18.2 Å². The van der Waals surface area contributed by atoms with Crippen molar-refractivity contribution in [3.05, 3.63) is 34.9 Å². The molecule has 2 nitrogen and oxygen atoms in total.